The summed E-state index contributed by atoms with van der Waals surface area (Å²) >= 11 is 1.95. The van der Waals surface area contributed by atoms with Gasteiger partial charge >= 0.3 is 0 Å². The van der Waals surface area contributed by atoms with Crippen LogP contribution in [0.3, 0.4) is 0 Å². The molecule has 19 heavy (non-hydrogen) atoms. The summed E-state index contributed by atoms with van der Waals surface area (Å²) in [6, 6.07) is 12.2. The van der Waals surface area contributed by atoms with Gasteiger partial charge in [0.15, 0.2) is 0 Å². The summed E-state index contributed by atoms with van der Waals surface area (Å²) in [5, 5.41) is 3.70. The number of nitrogens with zero attached hydrogens (tertiary/aromatic N) is 1. The molecule has 0 saturated carbocycles. The van der Waals surface area contributed by atoms with Gasteiger partial charge in [0.05, 0.1) is 0 Å². The molecule has 1 fully saturated rings. The Kier molecular flexibility index (Phi) is 6.21. The summed E-state index contributed by atoms with van der Waals surface area (Å²) in [5.74, 6) is 1.24. The Hall–Kier alpha value is -0.510. The van der Waals surface area contributed by atoms with Crippen LogP contribution in [-0.4, -0.2) is 48.6 Å². The number of nitrogens with one attached hydrogen (secondary N) is 1. The van der Waals surface area contributed by atoms with Crippen molar-refractivity contribution in [3.8, 4) is 0 Å². The zero-order chi connectivity index (χ0) is 13.5. The van der Waals surface area contributed by atoms with Gasteiger partial charge in [-0.3, -0.25) is 4.90 Å². The van der Waals surface area contributed by atoms with E-state index in [0.29, 0.717) is 12.1 Å². The van der Waals surface area contributed by atoms with Gasteiger partial charge in [0.2, 0.25) is 0 Å². The predicted octanol–water partition coefficient (Wildman–Crippen LogP) is 2.64. The van der Waals surface area contributed by atoms with Crippen molar-refractivity contribution in [2.75, 3.05) is 31.6 Å². The zero-order valence-corrected chi connectivity index (χ0v) is 13.0. The normalized spacial score (nSPS) is 24.5. The van der Waals surface area contributed by atoms with Crippen LogP contribution >= 0.6 is 11.8 Å². The number of hydrogen-bond acceptors (Lipinski definition) is 3. The third kappa shape index (κ3) is 4.51. The first-order valence-corrected chi connectivity index (χ1v) is 8.73. The first-order chi connectivity index (χ1) is 9.33. The van der Waals surface area contributed by atoms with Crippen molar-refractivity contribution in [2.24, 2.45) is 0 Å². The van der Waals surface area contributed by atoms with Crippen LogP contribution in [-0.2, 0) is 6.42 Å². The quantitative estimate of drug-likeness (QED) is 0.861. The molecular formula is C16H26N2S. The average molecular weight is 278 g/mol. The molecule has 1 heterocycles. The molecule has 2 rings (SSSR count). The second kappa shape index (κ2) is 7.93. The molecule has 2 nitrogen and oxygen atoms in total. The summed E-state index contributed by atoms with van der Waals surface area (Å²) in [6.07, 6.45) is 4.60. The molecule has 3 heteroatoms. The van der Waals surface area contributed by atoms with Crippen LogP contribution in [0.25, 0.3) is 0 Å². The van der Waals surface area contributed by atoms with Crippen LogP contribution < -0.4 is 5.32 Å². The van der Waals surface area contributed by atoms with Gasteiger partial charge in [0, 0.05) is 37.5 Å². The van der Waals surface area contributed by atoms with Gasteiger partial charge in [-0.05, 0) is 24.7 Å². The molecule has 0 bridgehead atoms. The van der Waals surface area contributed by atoms with E-state index in [0.717, 1.165) is 6.54 Å². The Balaban J connectivity index is 1.96. The Morgan fingerprint density at radius 1 is 1.32 bits per heavy atom. The standard InChI is InChI=1S/C16H26N2S/c1-3-15-13-18(9-10-19-2)16(12-17-15)11-14-7-5-4-6-8-14/h4-8,15-17H,3,9-13H2,1-2H3. The summed E-state index contributed by atoms with van der Waals surface area (Å²) in [4.78, 5) is 2.69. The molecule has 2 unspecified atom stereocenters. The van der Waals surface area contributed by atoms with E-state index in [1.807, 2.05) is 11.8 Å². The summed E-state index contributed by atoms with van der Waals surface area (Å²) in [6.45, 7) is 5.83. The van der Waals surface area contributed by atoms with Crippen molar-refractivity contribution in [1.29, 1.82) is 0 Å². The minimum atomic E-state index is 0.650. The number of thioether (sulfide) groups is 1. The van der Waals surface area contributed by atoms with Crippen LogP contribution in [0.1, 0.15) is 18.9 Å². The van der Waals surface area contributed by atoms with E-state index in [4.69, 9.17) is 0 Å². The molecule has 0 aliphatic carbocycles. The fourth-order valence-corrected chi connectivity index (χ4v) is 3.19. The highest BCUT2D eigenvalue weighted by molar-refractivity contribution is 7.98. The number of hydrogen-bond donors (Lipinski definition) is 1. The van der Waals surface area contributed by atoms with Crippen molar-refractivity contribution in [1.82, 2.24) is 10.2 Å². The molecule has 0 spiro atoms. The first kappa shape index (κ1) is 14.9. The van der Waals surface area contributed by atoms with Gasteiger partial charge in [-0.1, -0.05) is 37.3 Å². The molecular weight excluding hydrogens is 252 g/mol. The zero-order valence-electron chi connectivity index (χ0n) is 12.1. The number of rotatable bonds is 6. The first-order valence-electron chi connectivity index (χ1n) is 7.33. The highest BCUT2D eigenvalue weighted by Crippen LogP contribution is 2.15. The topological polar surface area (TPSA) is 15.3 Å². The molecule has 1 aliphatic heterocycles. The number of benzene rings is 1. The Labute approximate surface area is 122 Å². The van der Waals surface area contributed by atoms with E-state index < -0.39 is 0 Å². The molecule has 2 atom stereocenters. The van der Waals surface area contributed by atoms with E-state index in [9.17, 15) is 0 Å². The molecule has 1 saturated heterocycles. The number of piperazine rings is 1. The lowest BCUT2D eigenvalue weighted by molar-refractivity contribution is 0.136. The molecule has 1 aromatic rings. The third-order valence-electron chi connectivity index (χ3n) is 4.00. The fourth-order valence-electron chi connectivity index (χ4n) is 2.77. The van der Waals surface area contributed by atoms with Crippen LogP contribution in [0.15, 0.2) is 30.3 Å². The minimum absolute atomic E-state index is 0.650. The Bertz CT molecular complexity index is 355. The van der Waals surface area contributed by atoms with Crippen molar-refractivity contribution in [3.05, 3.63) is 35.9 Å². The maximum atomic E-state index is 3.70. The second-order valence-corrected chi connectivity index (χ2v) is 6.33. The van der Waals surface area contributed by atoms with Gasteiger partial charge in [-0.15, -0.1) is 0 Å². The summed E-state index contributed by atoms with van der Waals surface area (Å²) in [5.41, 5.74) is 1.46. The largest absolute Gasteiger partial charge is 0.311 e. The van der Waals surface area contributed by atoms with E-state index >= 15 is 0 Å². The van der Waals surface area contributed by atoms with Crippen LogP contribution in [0, 0.1) is 0 Å². The van der Waals surface area contributed by atoms with Crippen LogP contribution in [0.4, 0.5) is 0 Å². The van der Waals surface area contributed by atoms with Gasteiger partial charge in [-0.2, -0.15) is 11.8 Å². The van der Waals surface area contributed by atoms with Gasteiger partial charge in [0.1, 0.15) is 0 Å². The van der Waals surface area contributed by atoms with E-state index in [1.54, 1.807) is 0 Å². The lowest BCUT2D eigenvalue weighted by Gasteiger charge is -2.40. The lowest BCUT2D eigenvalue weighted by atomic mass is 10.0. The monoisotopic (exact) mass is 278 g/mol. The predicted molar refractivity (Wildman–Crippen MR) is 86.0 cm³/mol. The van der Waals surface area contributed by atoms with Crippen LogP contribution in [0.5, 0.6) is 0 Å². The fraction of sp³-hybridized carbons (Fsp3) is 0.625. The molecule has 1 aromatic carbocycles. The molecule has 1 aliphatic rings. The van der Waals surface area contributed by atoms with E-state index in [-0.39, 0.29) is 0 Å². The van der Waals surface area contributed by atoms with Crippen molar-refractivity contribution >= 4 is 11.8 Å². The van der Waals surface area contributed by atoms with Gasteiger partial charge in [0.25, 0.3) is 0 Å². The van der Waals surface area contributed by atoms with Gasteiger partial charge in [-0.25, -0.2) is 0 Å². The van der Waals surface area contributed by atoms with Gasteiger partial charge < -0.3 is 5.32 Å². The molecule has 106 valence electrons. The second-order valence-electron chi connectivity index (χ2n) is 5.34. The molecule has 0 amide bonds. The molecule has 1 N–H and O–H groups in total. The Morgan fingerprint density at radius 2 is 2.11 bits per heavy atom. The maximum absolute atomic E-state index is 3.70. The average Bonchev–Trinajstić information content (AvgIpc) is 2.47. The van der Waals surface area contributed by atoms with Crippen molar-refractivity contribution < 1.29 is 0 Å². The van der Waals surface area contributed by atoms with E-state index in [1.165, 1.54) is 37.2 Å². The molecule has 0 radical (unpaired) electrons. The summed E-state index contributed by atoms with van der Waals surface area (Å²) < 4.78 is 0. The highest BCUT2D eigenvalue weighted by atomic mass is 32.2. The van der Waals surface area contributed by atoms with Crippen molar-refractivity contribution in [3.63, 3.8) is 0 Å². The van der Waals surface area contributed by atoms with Crippen molar-refractivity contribution in [2.45, 2.75) is 31.8 Å². The maximum Gasteiger partial charge on any atom is 0.0262 e. The Morgan fingerprint density at radius 3 is 2.79 bits per heavy atom. The SMILES string of the molecule is CCC1CN(CCSC)C(Cc2ccccc2)CN1. The smallest absolute Gasteiger partial charge is 0.0262 e. The van der Waals surface area contributed by atoms with Crippen LogP contribution in [0.2, 0.25) is 0 Å². The minimum Gasteiger partial charge on any atom is -0.311 e. The third-order valence-corrected chi connectivity index (χ3v) is 4.59. The summed E-state index contributed by atoms with van der Waals surface area (Å²) in [7, 11) is 0. The lowest BCUT2D eigenvalue weighted by Crippen LogP contribution is -2.57. The van der Waals surface area contributed by atoms with E-state index in [2.05, 4.69) is 53.7 Å². The molecule has 0 aromatic heterocycles. The highest BCUT2D eigenvalue weighted by Gasteiger charge is 2.26.